The first-order chi connectivity index (χ1) is 10.7. The summed E-state index contributed by atoms with van der Waals surface area (Å²) in [5.74, 6) is -0.345. The van der Waals surface area contributed by atoms with Crippen molar-refractivity contribution in [1.82, 2.24) is 9.62 Å². The normalized spacial score (nSPS) is 17.0. The SMILES string of the molecule is CC(C)(N)CNC(=O)c1cccc(S(=O)(=O)N2CCOCC2)c1. The maximum absolute atomic E-state index is 12.6. The minimum Gasteiger partial charge on any atom is -0.379 e. The van der Waals surface area contributed by atoms with E-state index in [-0.39, 0.29) is 10.8 Å². The fourth-order valence-corrected chi connectivity index (χ4v) is 3.60. The smallest absolute Gasteiger partial charge is 0.251 e. The highest BCUT2D eigenvalue weighted by molar-refractivity contribution is 7.89. The quantitative estimate of drug-likeness (QED) is 0.795. The standard InChI is InChI=1S/C15H23N3O4S/c1-15(2,16)11-17-14(19)12-4-3-5-13(10-12)23(20,21)18-6-8-22-9-7-18/h3-5,10H,6-9,11,16H2,1-2H3,(H,17,19). The zero-order chi connectivity index (χ0) is 17.1. The van der Waals surface area contributed by atoms with Crippen LogP contribution in [0.5, 0.6) is 0 Å². The van der Waals surface area contributed by atoms with Gasteiger partial charge < -0.3 is 15.8 Å². The molecule has 1 saturated heterocycles. The average Bonchev–Trinajstić information content (AvgIpc) is 2.53. The number of nitrogens with two attached hydrogens (primary N) is 1. The van der Waals surface area contributed by atoms with E-state index in [1.54, 1.807) is 26.0 Å². The first-order valence-electron chi connectivity index (χ1n) is 7.45. The van der Waals surface area contributed by atoms with E-state index in [4.69, 9.17) is 10.5 Å². The predicted octanol–water partition coefficient (Wildman–Crippen LogP) is 0.175. The second-order valence-electron chi connectivity index (χ2n) is 6.22. The summed E-state index contributed by atoms with van der Waals surface area (Å²) in [6.07, 6.45) is 0. The Labute approximate surface area is 136 Å². The summed E-state index contributed by atoms with van der Waals surface area (Å²) >= 11 is 0. The molecule has 0 aromatic heterocycles. The molecular formula is C15H23N3O4S. The molecule has 0 atom stereocenters. The maximum Gasteiger partial charge on any atom is 0.251 e. The zero-order valence-electron chi connectivity index (χ0n) is 13.4. The Balaban J connectivity index is 2.17. The molecule has 1 aromatic carbocycles. The van der Waals surface area contributed by atoms with Crippen molar-refractivity contribution < 1.29 is 17.9 Å². The van der Waals surface area contributed by atoms with Crippen LogP contribution in [0.4, 0.5) is 0 Å². The Morgan fingerprint density at radius 3 is 2.61 bits per heavy atom. The molecule has 1 aliphatic heterocycles. The lowest BCUT2D eigenvalue weighted by molar-refractivity contribution is 0.0730. The van der Waals surface area contributed by atoms with Gasteiger partial charge in [-0.05, 0) is 32.0 Å². The number of nitrogens with one attached hydrogen (secondary N) is 1. The summed E-state index contributed by atoms with van der Waals surface area (Å²) in [6.45, 7) is 5.29. The molecule has 1 amide bonds. The van der Waals surface area contributed by atoms with Gasteiger partial charge in [-0.2, -0.15) is 4.31 Å². The molecule has 23 heavy (non-hydrogen) atoms. The largest absolute Gasteiger partial charge is 0.379 e. The molecule has 128 valence electrons. The minimum atomic E-state index is -3.61. The van der Waals surface area contributed by atoms with Crippen LogP contribution in [0, 0.1) is 0 Å². The van der Waals surface area contributed by atoms with Crippen LogP contribution in [0.1, 0.15) is 24.2 Å². The molecule has 0 aliphatic carbocycles. The first-order valence-corrected chi connectivity index (χ1v) is 8.89. The topological polar surface area (TPSA) is 102 Å². The predicted molar refractivity (Wildman–Crippen MR) is 86.6 cm³/mol. The van der Waals surface area contributed by atoms with Gasteiger partial charge in [0, 0.05) is 30.7 Å². The molecule has 0 bridgehead atoms. The summed E-state index contributed by atoms with van der Waals surface area (Å²) < 4.78 is 31.7. The molecular weight excluding hydrogens is 318 g/mol. The second kappa shape index (κ2) is 6.96. The molecule has 0 spiro atoms. The summed E-state index contributed by atoms with van der Waals surface area (Å²) in [4.78, 5) is 12.3. The Hall–Kier alpha value is -1.48. The molecule has 2 rings (SSSR count). The van der Waals surface area contributed by atoms with E-state index in [0.29, 0.717) is 38.4 Å². The summed E-state index contributed by atoms with van der Waals surface area (Å²) in [6, 6.07) is 6.03. The van der Waals surface area contributed by atoms with E-state index in [0.717, 1.165) is 0 Å². The number of ether oxygens (including phenoxy) is 1. The number of nitrogens with zero attached hydrogens (tertiary/aromatic N) is 1. The number of carbonyl (C=O) groups is 1. The molecule has 1 heterocycles. The highest BCUT2D eigenvalue weighted by Crippen LogP contribution is 2.18. The van der Waals surface area contributed by atoms with Crippen molar-refractivity contribution in [2.45, 2.75) is 24.3 Å². The number of rotatable bonds is 5. The van der Waals surface area contributed by atoms with Crippen molar-refractivity contribution in [2.24, 2.45) is 5.73 Å². The van der Waals surface area contributed by atoms with Crippen molar-refractivity contribution in [1.29, 1.82) is 0 Å². The van der Waals surface area contributed by atoms with Crippen LogP contribution >= 0.6 is 0 Å². The van der Waals surface area contributed by atoms with E-state index in [2.05, 4.69) is 5.32 Å². The van der Waals surface area contributed by atoms with Gasteiger partial charge in [0.25, 0.3) is 5.91 Å². The van der Waals surface area contributed by atoms with Crippen LogP contribution in [0.3, 0.4) is 0 Å². The van der Waals surface area contributed by atoms with E-state index in [1.165, 1.54) is 16.4 Å². The van der Waals surface area contributed by atoms with Crippen molar-refractivity contribution in [3.05, 3.63) is 29.8 Å². The van der Waals surface area contributed by atoms with Crippen LogP contribution in [-0.2, 0) is 14.8 Å². The molecule has 3 N–H and O–H groups in total. The van der Waals surface area contributed by atoms with Gasteiger partial charge in [-0.1, -0.05) is 6.07 Å². The van der Waals surface area contributed by atoms with E-state index >= 15 is 0 Å². The third-order valence-electron chi connectivity index (χ3n) is 3.41. The first kappa shape index (κ1) is 17.9. The summed E-state index contributed by atoms with van der Waals surface area (Å²) in [7, 11) is -3.61. The highest BCUT2D eigenvalue weighted by Gasteiger charge is 2.27. The lowest BCUT2D eigenvalue weighted by Gasteiger charge is -2.26. The summed E-state index contributed by atoms with van der Waals surface area (Å²) in [5, 5.41) is 2.70. The van der Waals surface area contributed by atoms with E-state index in [9.17, 15) is 13.2 Å². The minimum absolute atomic E-state index is 0.110. The number of hydrogen-bond acceptors (Lipinski definition) is 5. The van der Waals surface area contributed by atoms with E-state index < -0.39 is 15.6 Å². The Morgan fingerprint density at radius 2 is 2.00 bits per heavy atom. The number of hydrogen-bond donors (Lipinski definition) is 2. The number of sulfonamides is 1. The van der Waals surface area contributed by atoms with Gasteiger partial charge in [-0.25, -0.2) is 8.42 Å². The van der Waals surface area contributed by atoms with Crippen molar-refractivity contribution in [3.63, 3.8) is 0 Å². The van der Waals surface area contributed by atoms with Crippen LogP contribution in [0.25, 0.3) is 0 Å². The third kappa shape index (κ3) is 4.74. The van der Waals surface area contributed by atoms with Crippen molar-refractivity contribution in [3.8, 4) is 0 Å². The van der Waals surface area contributed by atoms with Crippen LogP contribution in [0.15, 0.2) is 29.2 Å². The molecule has 0 saturated carbocycles. The van der Waals surface area contributed by atoms with Gasteiger partial charge in [0.1, 0.15) is 0 Å². The molecule has 1 aromatic rings. The number of benzene rings is 1. The lowest BCUT2D eigenvalue weighted by Crippen LogP contribution is -2.45. The van der Waals surface area contributed by atoms with Crippen molar-refractivity contribution in [2.75, 3.05) is 32.8 Å². The Bertz CT molecular complexity index is 662. The fraction of sp³-hybridized carbons (Fsp3) is 0.533. The van der Waals surface area contributed by atoms with Gasteiger partial charge in [0.05, 0.1) is 18.1 Å². The van der Waals surface area contributed by atoms with Gasteiger partial charge in [0.15, 0.2) is 0 Å². The van der Waals surface area contributed by atoms with Gasteiger partial charge >= 0.3 is 0 Å². The Morgan fingerprint density at radius 1 is 1.35 bits per heavy atom. The van der Waals surface area contributed by atoms with Gasteiger partial charge in [0.2, 0.25) is 10.0 Å². The van der Waals surface area contributed by atoms with Gasteiger partial charge in [-0.15, -0.1) is 0 Å². The maximum atomic E-state index is 12.6. The average molecular weight is 341 g/mol. The molecule has 7 nitrogen and oxygen atoms in total. The van der Waals surface area contributed by atoms with Gasteiger partial charge in [-0.3, -0.25) is 4.79 Å². The van der Waals surface area contributed by atoms with Crippen molar-refractivity contribution >= 4 is 15.9 Å². The van der Waals surface area contributed by atoms with E-state index in [1.807, 2.05) is 0 Å². The lowest BCUT2D eigenvalue weighted by atomic mass is 10.1. The zero-order valence-corrected chi connectivity index (χ0v) is 14.2. The number of carbonyl (C=O) groups excluding carboxylic acids is 1. The highest BCUT2D eigenvalue weighted by atomic mass is 32.2. The number of morpholine rings is 1. The number of amides is 1. The molecule has 0 radical (unpaired) electrons. The molecule has 8 heteroatoms. The molecule has 0 unspecified atom stereocenters. The van der Waals surface area contributed by atoms with Crippen LogP contribution in [0.2, 0.25) is 0 Å². The molecule has 1 fully saturated rings. The van der Waals surface area contributed by atoms with Crippen LogP contribution < -0.4 is 11.1 Å². The molecule has 1 aliphatic rings. The van der Waals surface area contributed by atoms with Crippen LogP contribution in [-0.4, -0.2) is 57.0 Å². The monoisotopic (exact) mass is 341 g/mol. The Kier molecular flexibility index (Phi) is 5.41. The summed E-state index contributed by atoms with van der Waals surface area (Å²) in [5.41, 5.74) is 5.59. The third-order valence-corrected chi connectivity index (χ3v) is 5.30. The second-order valence-corrected chi connectivity index (χ2v) is 8.15. The fourth-order valence-electron chi connectivity index (χ4n) is 2.14.